The number of aromatic nitrogens is 2. The molecule has 1 aromatic heterocycles. The van der Waals surface area contributed by atoms with Gasteiger partial charge >= 0.3 is 12.1 Å². The molecule has 138 valence electrons. The zero-order valence-corrected chi connectivity index (χ0v) is 14.8. The first kappa shape index (κ1) is 16.9. The maximum atomic E-state index is 12.4. The number of carbonyl (C=O) groups is 2. The van der Waals surface area contributed by atoms with Crippen LogP contribution in [0.3, 0.4) is 0 Å². The van der Waals surface area contributed by atoms with Crippen molar-refractivity contribution in [1.82, 2.24) is 20.4 Å². The number of anilines is 1. The summed E-state index contributed by atoms with van der Waals surface area (Å²) in [4.78, 5) is 24.5. The summed E-state index contributed by atoms with van der Waals surface area (Å²) in [6.07, 6.45) is 10.5. The monoisotopic (exact) mass is 355 g/mol. The van der Waals surface area contributed by atoms with Crippen molar-refractivity contribution >= 4 is 28.7 Å². The molecule has 2 saturated carbocycles. The lowest BCUT2D eigenvalue weighted by Crippen LogP contribution is -2.36. The van der Waals surface area contributed by atoms with E-state index < -0.39 is 0 Å². The van der Waals surface area contributed by atoms with Gasteiger partial charge in [0.25, 0.3) is 0 Å². The zero-order chi connectivity index (χ0) is 17.9. The lowest BCUT2D eigenvalue weighted by Gasteiger charge is -2.13. The molecule has 2 fully saturated rings. The van der Waals surface area contributed by atoms with Crippen molar-refractivity contribution in [2.45, 2.75) is 63.5 Å². The number of urea groups is 1. The van der Waals surface area contributed by atoms with Gasteiger partial charge in [0, 0.05) is 23.2 Å². The number of nitrogens with zero attached hydrogens (tertiary/aromatic N) is 2. The minimum atomic E-state index is -0.188. The van der Waals surface area contributed by atoms with Crippen LogP contribution in [0.15, 0.2) is 24.4 Å². The second kappa shape index (κ2) is 7.35. The van der Waals surface area contributed by atoms with E-state index in [1.54, 1.807) is 12.3 Å². The first-order valence-electron chi connectivity index (χ1n) is 9.55. The highest BCUT2D eigenvalue weighted by Gasteiger charge is 2.20. The summed E-state index contributed by atoms with van der Waals surface area (Å²) in [6.45, 7) is 0. The van der Waals surface area contributed by atoms with E-state index in [0.29, 0.717) is 5.69 Å². The fourth-order valence-electron chi connectivity index (χ4n) is 4.00. The predicted octanol–water partition coefficient (Wildman–Crippen LogP) is 3.60. The highest BCUT2D eigenvalue weighted by atomic mass is 16.2. The molecule has 1 aromatic carbocycles. The van der Waals surface area contributed by atoms with Gasteiger partial charge in [-0.15, -0.1) is 0 Å². The van der Waals surface area contributed by atoms with Crippen LogP contribution in [0, 0.1) is 0 Å². The standard InChI is InChI=1S/C19H25N5O2/c25-18(21-14-5-1-2-6-14)22-16-9-10-17-13(11-16)12-20-24(17)19(26)23-15-7-3-4-8-15/h9-12,14-15H,1-8H2,(H,23,26)(H2,21,22,25). The van der Waals surface area contributed by atoms with Crippen molar-refractivity contribution in [2.75, 3.05) is 5.32 Å². The molecule has 0 saturated heterocycles. The fraction of sp³-hybridized carbons (Fsp3) is 0.526. The van der Waals surface area contributed by atoms with E-state index in [2.05, 4.69) is 21.0 Å². The average molecular weight is 355 g/mol. The van der Waals surface area contributed by atoms with E-state index in [0.717, 1.165) is 36.6 Å². The van der Waals surface area contributed by atoms with Crippen molar-refractivity contribution < 1.29 is 9.59 Å². The van der Waals surface area contributed by atoms with E-state index in [1.165, 1.54) is 30.4 Å². The summed E-state index contributed by atoms with van der Waals surface area (Å²) in [5, 5.41) is 14.0. The van der Waals surface area contributed by atoms with Crippen LogP contribution >= 0.6 is 0 Å². The van der Waals surface area contributed by atoms with Crippen LogP contribution in [0.5, 0.6) is 0 Å². The van der Waals surface area contributed by atoms with Gasteiger partial charge in [-0.1, -0.05) is 25.7 Å². The molecule has 0 atom stereocenters. The van der Waals surface area contributed by atoms with E-state index in [-0.39, 0.29) is 24.1 Å². The molecule has 3 N–H and O–H groups in total. The smallest absolute Gasteiger partial charge is 0.335 e. The van der Waals surface area contributed by atoms with Crippen molar-refractivity contribution in [1.29, 1.82) is 0 Å². The topological polar surface area (TPSA) is 88.0 Å². The predicted molar refractivity (Wildman–Crippen MR) is 100 cm³/mol. The highest BCUT2D eigenvalue weighted by molar-refractivity contribution is 5.95. The molecule has 3 amide bonds. The maximum absolute atomic E-state index is 12.4. The van der Waals surface area contributed by atoms with E-state index in [4.69, 9.17) is 0 Å². The van der Waals surface area contributed by atoms with Gasteiger partial charge < -0.3 is 16.0 Å². The first-order valence-corrected chi connectivity index (χ1v) is 9.55. The fourth-order valence-corrected chi connectivity index (χ4v) is 4.00. The lowest BCUT2D eigenvalue weighted by molar-refractivity contribution is 0.236. The van der Waals surface area contributed by atoms with Crippen LogP contribution in [0.2, 0.25) is 0 Å². The quantitative estimate of drug-likeness (QED) is 0.786. The normalized spacial score (nSPS) is 18.3. The Balaban J connectivity index is 1.42. The van der Waals surface area contributed by atoms with E-state index in [1.807, 2.05) is 12.1 Å². The van der Waals surface area contributed by atoms with Gasteiger partial charge in [0.1, 0.15) is 0 Å². The molecule has 2 aromatic rings. The Kier molecular flexibility index (Phi) is 4.77. The van der Waals surface area contributed by atoms with Gasteiger partial charge in [-0.05, 0) is 43.9 Å². The molecule has 0 unspecified atom stereocenters. The Morgan fingerprint density at radius 2 is 1.62 bits per heavy atom. The van der Waals surface area contributed by atoms with E-state index >= 15 is 0 Å². The first-order chi connectivity index (χ1) is 12.7. The molecule has 1 heterocycles. The number of fused-ring (bicyclic) bond motifs is 1. The number of rotatable bonds is 3. The summed E-state index contributed by atoms with van der Waals surface area (Å²) in [6, 6.07) is 5.63. The number of benzene rings is 1. The second-order valence-electron chi connectivity index (χ2n) is 7.34. The van der Waals surface area contributed by atoms with Crippen LogP contribution in [-0.2, 0) is 0 Å². The van der Waals surface area contributed by atoms with Crippen molar-refractivity contribution in [3.63, 3.8) is 0 Å². The maximum Gasteiger partial charge on any atom is 0.342 e. The molecule has 0 spiro atoms. The number of nitrogens with one attached hydrogen (secondary N) is 3. The van der Waals surface area contributed by atoms with Gasteiger partial charge in [0.05, 0.1) is 11.7 Å². The molecule has 7 nitrogen and oxygen atoms in total. The van der Waals surface area contributed by atoms with Crippen molar-refractivity contribution in [3.8, 4) is 0 Å². The molecular formula is C19H25N5O2. The molecule has 0 bridgehead atoms. The Hall–Kier alpha value is -2.57. The van der Waals surface area contributed by atoms with Gasteiger partial charge in [0.15, 0.2) is 0 Å². The third kappa shape index (κ3) is 3.66. The Morgan fingerprint density at radius 1 is 0.962 bits per heavy atom. The number of hydrogen-bond acceptors (Lipinski definition) is 3. The van der Waals surface area contributed by atoms with Gasteiger partial charge in [0.2, 0.25) is 0 Å². The van der Waals surface area contributed by atoms with Crippen LogP contribution in [0.4, 0.5) is 15.3 Å². The number of hydrogen-bond donors (Lipinski definition) is 3. The molecule has 0 aliphatic heterocycles. The molecular weight excluding hydrogens is 330 g/mol. The van der Waals surface area contributed by atoms with Gasteiger partial charge in [-0.2, -0.15) is 9.78 Å². The van der Waals surface area contributed by atoms with E-state index in [9.17, 15) is 9.59 Å². The largest absolute Gasteiger partial charge is 0.342 e. The van der Waals surface area contributed by atoms with Gasteiger partial charge in [-0.25, -0.2) is 9.59 Å². The average Bonchev–Trinajstić information content (AvgIpc) is 3.35. The molecule has 26 heavy (non-hydrogen) atoms. The summed E-state index contributed by atoms with van der Waals surface area (Å²) >= 11 is 0. The molecule has 7 heteroatoms. The Bertz CT molecular complexity index is 803. The second-order valence-corrected chi connectivity index (χ2v) is 7.34. The summed E-state index contributed by atoms with van der Waals surface area (Å²) in [7, 11) is 0. The lowest BCUT2D eigenvalue weighted by atomic mass is 10.2. The van der Waals surface area contributed by atoms with Crippen molar-refractivity contribution in [2.24, 2.45) is 0 Å². The Labute approximate surface area is 152 Å². The molecule has 2 aliphatic rings. The molecule has 2 aliphatic carbocycles. The Morgan fingerprint density at radius 3 is 2.31 bits per heavy atom. The van der Waals surface area contributed by atoms with Crippen LogP contribution in [0.1, 0.15) is 51.4 Å². The van der Waals surface area contributed by atoms with Crippen LogP contribution in [0.25, 0.3) is 10.9 Å². The van der Waals surface area contributed by atoms with Crippen molar-refractivity contribution in [3.05, 3.63) is 24.4 Å². The van der Waals surface area contributed by atoms with Crippen LogP contribution < -0.4 is 16.0 Å². The third-order valence-corrected chi connectivity index (χ3v) is 5.39. The zero-order valence-electron chi connectivity index (χ0n) is 14.8. The number of amides is 3. The van der Waals surface area contributed by atoms with Gasteiger partial charge in [-0.3, -0.25) is 0 Å². The minimum absolute atomic E-state index is 0.178. The molecule has 4 rings (SSSR count). The summed E-state index contributed by atoms with van der Waals surface area (Å²) < 4.78 is 1.40. The summed E-state index contributed by atoms with van der Waals surface area (Å²) in [5.41, 5.74) is 1.44. The SMILES string of the molecule is O=C(Nc1ccc2c(cnn2C(=O)NC2CCCC2)c1)NC1CCCC1. The van der Waals surface area contributed by atoms with Crippen LogP contribution in [-0.4, -0.2) is 33.9 Å². The minimum Gasteiger partial charge on any atom is -0.335 e. The highest BCUT2D eigenvalue weighted by Crippen LogP contribution is 2.21. The third-order valence-electron chi connectivity index (χ3n) is 5.39. The molecule has 0 radical (unpaired) electrons. The summed E-state index contributed by atoms with van der Waals surface area (Å²) in [5.74, 6) is 0. The number of carbonyl (C=O) groups excluding carboxylic acids is 2.